The van der Waals surface area contributed by atoms with Crippen molar-refractivity contribution in [3.8, 4) is 0 Å². The summed E-state index contributed by atoms with van der Waals surface area (Å²) in [5.41, 5.74) is 4.02. The fourth-order valence-corrected chi connectivity index (χ4v) is 5.63. The average molecular weight is 552 g/mol. The Balaban J connectivity index is 1.63. The summed E-state index contributed by atoms with van der Waals surface area (Å²) in [6.07, 6.45) is 6.45. The second-order valence-electron chi connectivity index (χ2n) is 10.1. The van der Waals surface area contributed by atoms with Crippen molar-refractivity contribution in [3.05, 3.63) is 105 Å². The maximum atomic E-state index is 13.9. The standard InChI is InChI=1S/C32H36Cl2N2O2/c1-2-23-15-17-24(18-16-23)19-20-31(37)36(22-27-28(33)13-8-14-29(27)34)30(21-25-9-4-3-5-10-25)32(38)35-26-11-6-7-12-26/h3-5,8-10,13-18,26,30H,2,6-7,11-12,19-22H2,1H3,(H,35,38). The van der Waals surface area contributed by atoms with Crippen molar-refractivity contribution in [2.24, 2.45) is 0 Å². The van der Waals surface area contributed by atoms with Crippen LogP contribution in [0.5, 0.6) is 0 Å². The van der Waals surface area contributed by atoms with Gasteiger partial charge < -0.3 is 10.2 Å². The lowest BCUT2D eigenvalue weighted by molar-refractivity contribution is -0.141. The number of nitrogens with zero attached hydrogens (tertiary/aromatic N) is 1. The molecule has 0 spiro atoms. The molecular weight excluding hydrogens is 515 g/mol. The number of nitrogens with one attached hydrogen (secondary N) is 1. The van der Waals surface area contributed by atoms with Crippen molar-refractivity contribution in [1.82, 2.24) is 10.2 Å². The zero-order valence-corrected chi connectivity index (χ0v) is 23.5. The maximum absolute atomic E-state index is 13.9. The Morgan fingerprint density at radius 2 is 1.50 bits per heavy atom. The van der Waals surface area contributed by atoms with Gasteiger partial charge in [-0.1, -0.05) is 104 Å². The Morgan fingerprint density at radius 3 is 2.13 bits per heavy atom. The molecule has 0 heterocycles. The SMILES string of the molecule is CCc1ccc(CCC(=O)N(Cc2c(Cl)cccc2Cl)C(Cc2ccccc2)C(=O)NC2CCCC2)cc1. The third-order valence-corrected chi connectivity index (χ3v) is 8.13. The first-order valence-electron chi connectivity index (χ1n) is 13.6. The Morgan fingerprint density at radius 1 is 0.868 bits per heavy atom. The van der Waals surface area contributed by atoms with Gasteiger partial charge in [0.25, 0.3) is 0 Å². The summed E-state index contributed by atoms with van der Waals surface area (Å²) in [5.74, 6) is -0.215. The molecule has 0 aromatic heterocycles. The molecule has 1 aliphatic rings. The van der Waals surface area contributed by atoms with Gasteiger partial charge >= 0.3 is 0 Å². The van der Waals surface area contributed by atoms with E-state index in [-0.39, 0.29) is 30.8 Å². The van der Waals surface area contributed by atoms with E-state index in [0.29, 0.717) is 28.5 Å². The molecule has 4 nitrogen and oxygen atoms in total. The summed E-state index contributed by atoms with van der Waals surface area (Å²) < 4.78 is 0. The van der Waals surface area contributed by atoms with Gasteiger partial charge in [-0.3, -0.25) is 9.59 Å². The van der Waals surface area contributed by atoms with E-state index in [1.54, 1.807) is 23.1 Å². The van der Waals surface area contributed by atoms with Crippen molar-refractivity contribution in [1.29, 1.82) is 0 Å². The number of benzene rings is 3. The molecule has 1 fully saturated rings. The number of rotatable bonds is 11. The Kier molecular flexibility index (Phi) is 10.3. The molecule has 4 rings (SSSR count). The average Bonchev–Trinajstić information content (AvgIpc) is 3.44. The number of hydrogen-bond acceptors (Lipinski definition) is 2. The van der Waals surface area contributed by atoms with Crippen molar-refractivity contribution < 1.29 is 9.59 Å². The first-order valence-corrected chi connectivity index (χ1v) is 14.3. The third-order valence-electron chi connectivity index (χ3n) is 7.42. The van der Waals surface area contributed by atoms with Crippen LogP contribution in [0.4, 0.5) is 0 Å². The van der Waals surface area contributed by atoms with Crippen LogP contribution in [-0.2, 0) is 35.4 Å². The summed E-state index contributed by atoms with van der Waals surface area (Å²) in [7, 11) is 0. The van der Waals surface area contributed by atoms with Crippen LogP contribution in [0, 0.1) is 0 Å². The topological polar surface area (TPSA) is 49.4 Å². The highest BCUT2D eigenvalue weighted by Gasteiger charge is 2.32. The van der Waals surface area contributed by atoms with Crippen LogP contribution in [-0.4, -0.2) is 28.8 Å². The fraction of sp³-hybridized carbons (Fsp3) is 0.375. The zero-order chi connectivity index (χ0) is 26.9. The van der Waals surface area contributed by atoms with Crippen LogP contribution in [0.2, 0.25) is 10.0 Å². The molecule has 0 saturated heterocycles. The van der Waals surface area contributed by atoms with Crippen LogP contribution in [0.15, 0.2) is 72.8 Å². The Labute approximate surface area is 236 Å². The zero-order valence-electron chi connectivity index (χ0n) is 22.0. The predicted molar refractivity (Wildman–Crippen MR) is 155 cm³/mol. The number of aryl methyl sites for hydroxylation is 2. The number of halogens is 2. The highest BCUT2D eigenvalue weighted by atomic mass is 35.5. The summed E-state index contributed by atoms with van der Waals surface area (Å²) in [6, 6.07) is 23.0. The van der Waals surface area contributed by atoms with Gasteiger partial charge in [0.2, 0.25) is 11.8 Å². The Hall–Kier alpha value is -2.82. The van der Waals surface area contributed by atoms with Gasteiger partial charge in [-0.05, 0) is 54.5 Å². The van der Waals surface area contributed by atoms with E-state index in [9.17, 15) is 9.59 Å². The second kappa shape index (κ2) is 13.8. The molecule has 3 aromatic rings. The van der Waals surface area contributed by atoms with Crippen LogP contribution < -0.4 is 5.32 Å². The van der Waals surface area contributed by atoms with Crippen molar-refractivity contribution in [3.63, 3.8) is 0 Å². The minimum atomic E-state index is -0.680. The van der Waals surface area contributed by atoms with Gasteiger partial charge in [0, 0.05) is 41.0 Å². The van der Waals surface area contributed by atoms with Gasteiger partial charge in [-0.15, -0.1) is 0 Å². The minimum Gasteiger partial charge on any atom is -0.352 e. The van der Waals surface area contributed by atoms with E-state index in [0.717, 1.165) is 43.2 Å². The molecule has 6 heteroatoms. The minimum absolute atomic E-state index is 0.0944. The molecule has 2 amide bonds. The molecule has 38 heavy (non-hydrogen) atoms. The number of carbonyl (C=O) groups excluding carboxylic acids is 2. The molecule has 1 unspecified atom stereocenters. The molecule has 3 aromatic carbocycles. The van der Waals surface area contributed by atoms with Crippen LogP contribution in [0.3, 0.4) is 0 Å². The number of hydrogen-bond donors (Lipinski definition) is 1. The van der Waals surface area contributed by atoms with Crippen molar-refractivity contribution in [2.75, 3.05) is 0 Å². The number of amides is 2. The van der Waals surface area contributed by atoms with Gasteiger partial charge in [0.1, 0.15) is 6.04 Å². The molecule has 1 atom stereocenters. The molecule has 1 aliphatic carbocycles. The predicted octanol–water partition coefficient (Wildman–Crippen LogP) is 7.19. The fourth-order valence-electron chi connectivity index (χ4n) is 5.11. The molecule has 1 saturated carbocycles. The second-order valence-corrected chi connectivity index (χ2v) is 10.9. The van der Waals surface area contributed by atoms with Crippen molar-refractivity contribution >= 4 is 35.0 Å². The van der Waals surface area contributed by atoms with Gasteiger partial charge in [0.05, 0.1) is 0 Å². The first-order chi connectivity index (χ1) is 18.4. The van der Waals surface area contributed by atoms with Crippen LogP contribution in [0.1, 0.15) is 61.3 Å². The normalized spacial score (nSPS) is 14.3. The van der Waals surface area contributed by atoms with E-state index in [1.165, 1.54) is 5.56 Å². The summed E-state index contributed by atoms with van der Waals surface area (Å²) in [5, 5.41) is 4.21. The van der Waals surface area contributed by atoms with E-state index in [4.69, 9.17) is 23.2 Å². The summed E-state index contributed by atoms with van der Waals surface area (Å²) in [6.45, 7) is 2.29. The van der Waals surface area contributed by atoms with E-state index in [1.807, 2.05) is 30.3 Å². The highest BCUT2D eigenvalue weighted by molar-refractivity contribution is 6.36. The number of carbonyl (C=O) groups is 2. The lowest BCUT2D eigenvalue weighted by atomic mass is 10.0. The molecule has 200 valence electrons. The van der Waals surface area contributed by atoms with E-state index < -0.39 is 6.04 Å². The molecular formula is C32H36Cl2N2O2. The monoisotopic (exact) mass is 550 g/mol. The van der Waals surface area contributed by atoms with Gasteiger partial charge in [-0.2, -0.15) is 0 Å². The molecule has 0 radical (unpaired) electrons. The maximum Gasteiger partial charge on any atom is 0.243 e. The quantitative estimate of drug-likeness (QED) is 0.274. The summed E-state index contributed by atoms with van der Waals surface area (Å²) in [4.78, 5) is 29.4. The highest BCUT2D eigenvalue weighted by Crippen LogP contribution is 2.28. The molecule has 0 bridgehead atoms. The summed E-state index contributed by atoms with van der Waals surface area (Å²) >= 11 is 13.1. The first kappa shape index (κ1) is 28.2. The van der Waals surface area contributed by atoms with Gasteiger partial charge in [0.15, 0.2) is 0 Å². The largest absolute Gasteiger partial charge is 0.352 e. The molecule has 1 N–H and O–H groups in total. The van der Waals surface area contributed by atoms with Gasteiger partial charge in [-0.25, -0.2) is 0 Å². The van der Waals surface area contributed by atoms with E-state index >= 15 is 0 Å². The van der Waals surface area contributed by atoms with E-state index in [2.05, 4.69) is 36.5 Å². The lowest BCUT2D eigenvalue weighted by Crippen LogP contribution is -2.52. The lowest BCUT2D eigenvalue weighted by Gasteiger charge is -2.33. The van der Waals surface area contributed by atoms with Crippen LogP contribution in [0.25, 0.3) is 0 Å². The third kappa shape index (κ3) is 7.61. The van der Waals surface area contributed by atoms with Crippen LogP contribution >= 0.6 is 23.2 Å². The molecule has 0 aliphatic heterocycles. The Bertz CT molecular complexity index is 1190. The smallest absolute Gasteiger partial charge is 0.243 e. The van der Waals surface area contributed by atoms with Crippen molar-refractivity contribution in [2.45, 2.75) is 76.9 Å².